The van der Waals surface area contributed by atoms with Gasteiger partial charge in [-0.3, -0.25) is 0 Å². The van der Waals surface area contributed by atoms with Gasteiger partial charge in [0.2, 0.25) is 0 Å². The van der Waals surface area contributed by atoms with Crippen molar-refractivity contribution in [3.05, 3.63) is 17.9 Å². The molecule has 92 valence electrons. The zero-order valence-corrected chi connectivity index (χ0v) is 10.3. The molecule has 0 fully saturated rings. The lowest BCUT2D eigenvalue weighted by atomic mass is 10.3. The van der Waals surface area contributed by atoms with Crippen LogP contribution in [0.15, 0.2) is 16.5 Å². The van der Waals surface area contributed by atoms with Gasteiger partial charge < -0.3 is 20.4 Å². The number of hydrogen-bond acceptors (Lipinski definition) is 4. The van der Waals surface area contributed by atoms with Crippen LogP contribution in [-0.2, 0) is 6.54 Å². The quantitative estimate of drug-likeness (QED) is 0.661. The predicted octanol–water partition coefficient (Wildman–Crippen LogP) is 1.68. The summed E-state index contributed by atoms with van der Waals surface area (Å²) >= 11 is 0. The van der Waals surface area contributed by atoms with Crippen LogP contribution in [0.3, 0.4) is 0 Å². The van der Waals surface area contributed by atoms with E-state index >= 15 is 0 Å². The van der Waals surface area contributed by atoms with Gasteiger partial charge in [-0.05, 0) is 38.7 Å². The molecule has 0 aliphatic carbocycles. The lowest BCUT2D eigenvalue weighted by molar-refractivity contribution is 0.297. The van der Waals surface area contributed by atoms with Crippen molar-refractivity contribution in [1.82, 2.24) is 10.2 Å². The molecule has 16 heavy (non-hydrogen) atoms. The molecule has 4 nitrogen and oxygen atoms in total. The molecule has 0 unspecified atom stereocenters. The molecule has 1 heterocycles. The van der Waals surface area contributed by atoms with Crippen LogP contribution in [0.25, 0.3) is 0 Å². The second-order valence-corrected chi connectivity index (χ2v) is 3.86. The Kier molecular flexibility index (Phi) is 5.96. The average molecular weight is 225 g/mol. The third-order valence-electron chi connectivity index (χ3n) is 2.70. The van der Waals surface area contributed by atoms with Crippen molar-refractivity contribution >= 4 is 5.88 Å². The normalized spacial score (nSPS) is 11.2. The van der Waals surface area contributed by atoms with Crippen molar-refractivity contribution in [2.75, 3.05) is 31.9 Å². The minimum Gasteiger partial charge on any atom is -0.445 e. The summed E-state index contributed by atoms with van der Waals surface area (Å²) in [6, 6.07) is 3.69. The van der Waals surface area contributed by atoms with E-state index in [4.69, 9.17) is 10.2 Å². The first-order chi connectivity index (χ1) is 7.76. The fraction of sp³-hybridized carbons (Fsp3) is 0.667. The summed E-state index contributed by atoms with van der Waals surface area (Å²) in [7, 11) is 0. The summed E-state index contributed by atoms with van der Waals surface area (Å²) in [5, 5.41) is 3.34. The molecule has 0 spiro atoms. The number of anilines is 1. The molecule has 0 atom stereocenters. The van der Waals surface area contributed by atoms with Crippen LogP contribution in [-0.4, -0.2) is 31.1 Å². The molecular weight excluding hydrogens is 202 g/mol. The van der Waals surface area contributed by atoms with Gasteiger partial charge in [0.05, 0.1) is 6.54 Å². The molecule has 0 aromatic carbocycles. The zero-order chi connectivity index (χ0) is 11.8. The van der Waals surface area contributed by atoms with E-state index in [1.807, 2.05) is 6.07 Å². The maximum atomic E-state index is 5.48. The highest BCUT2D eigenvalue weighted by Gasteiger charge is 1.99. The van der Waals surface area contributed by atoms with Crippen LogP contribution in [0.1, 0.15) is 26.0 Å². The topological polar surface area (TPSA) is 54.4 Å². The minimum absolute atomic E-state index is 0.486. The number of nitrogens with zero attached hydrogens (tertiary/aromatic N) is 1. The van der Waals surface area contributed by atoms with E-state index in [2.05, 4.69) is 24.1 Å². The molecule has 1 aromatic heterocycles. The zero-order valence-electron chi connectivity index (χ0n) is 10.3. The van der Waals surface area contributed by atoms with Crippen molar-refractivity contribution in [2.24, 2.45) is 0 Å². The van der Waals surface area contributed by atoms with Gasteiger partial charge in [0, 0.05) is 6.07 Å². The summed E-state index contributed by atoms with van der Waals surface area (Å²) in [5.74, 6) is 1.39. The molecule has 0 bridgehead atoms. The highest BCUT2D eigenvalue weighted by atomic mass is 16.4. The van der Waals surface area contributed by atoms with E-state index in [-0.39, 0.29) is 0 Å². The molecule has 0 amide bonds. The fourth-order valence-electron chi connectivity index (χ4n) is 1.67. The first kappa shape index (κ1) is 13.1. The van der Waals surface area contributed by atoms with Gasteiger partial charge >= 0.3 is 0 Å². The van der Waals surface area contributed by atoms with Gasteiger partial charge in [-0.15, -0.1) is 0 Å². The van der Waals surface area contributed by atoms with Crippen LogP contribution in [0.2, 0.25) is 0 Å². The van der Waals surface area contributed by atoms with Crippen molar-refractivity contribution in [3.8, 4) is 0 Å². The number of nitrogens with two attached hydrogens (primary N) is 1. The third-order valence-corrected chi connectivity index (χ3v) is 2.70. The molecule has 0 aliphatic heterocycles. The van der Waals surface area contributed by atoms with Gasteiger partial charge in [0.15, 0.2) is 5.88 Å². The van der Waals surface area contributed by atoms with Gasteiger partial charge in [-0.1, -0.05) is 13.8 Å². The number of nitrogens with one attached hydrogen (secondary N) is 1. The van der Waals surface area contributed by atoms with Crippen LogP contribution >= 0.6 is 0 Å². The standard InChI is InChI=1S/C12H23N3O/c1-3-15(4-2)9-5-8-14-10-11-6-7-12(13)16-11/h6-7,14H,3-5,8-10,13H2,1-2H3. The van der Waals surface area contributed by atoms with Crippen LogP contribution in [0, 0.1) is 0 Å². The highest BCUT2D eigenvalue weighted by molar-refractivity contribution is 5.25. The van der Waals surface area contributed by atoms with Crippen molar-refractivity contribution < 1.29 is 4.42 Å². The van der Waals surface area contributed by atoms with E-state index in [0.717, 1.165) is 44.9 Å². The largest absolute Gasteiger partial charge is 0.445 e. The summed E-state index contributed by atoms with van der Waals surface area (Å²) in [5.41, 5.74) is 5.48. The Bertz CT molecular complexity index is 282. The average Bonchev–Trinajstić information content (AvgIpc) is 2.70. The Morgan fingerprint density at radius 3 is 2.62 bits per heavy atom. The summed E-state index contributed by atoms with van der Waals surface area (Å²) in [6.45, 7) is 9.58. The second-order valence-electron chi connectivity index (χ2n) is 3.86. The number of nitrogen functional groups attached to an aromatic ring is 1. The van der Waals surface area contributed by atoms with E-state index in [9.17, 15) is 0 Å². The summed E-state index contributed by atoms with van der Waals surface area (Å²) < 4.78 is 5.26. The molecule has 1 aromatic rings. The van der Waals surface area contributed by atoms with E-state index in [0.29, 0.717) is 5.88 Å². The Balaban J connectivity index is 2.04. The van der Waals surface area contributed by atoms with E-state index in [1.165, 1.54) is 0 Å². The van der Waals surface area contributed by atoms with Crippen LogP contribution in [0.5, 0.6) is 0 Å². The fourth-order valence-corrected chi connectivity index (χ4v) is 1.67. The highest BCUT2D eigenvalue weighted by Crippen LogP contribution is 2.08. The Morgan fingerprint density at radius 1 is 1.31 bits per heavy atom. The lowest BCUT2D eigenvalue weighted by Gasteiger charge is -2.17. The SMILES string of the molecule is CCN(CC)CCCNCc1ccc(N)o1. The van der Waals surface area contributed by atoms with Crippen molar-refractivity contribution in [1.29, 1.82) is 0 Å². The Morgan fingerprint density at radius 2 is 2.06 bits per heavy atom. The summed E-state index contributed by atoms with van der Waals surface area (Å²) in [6.07, 6.45) is 1.16. The van der Waals surface area contributed by atoms with E-state index in [1.54, 1.807) is 6.07 Å². The smallest absolute Gasteiger partial charge is 0.190 e. The number of furan rings is 1. The van der Waals surface area contributed by atoms with Gasteiger partial charge in [0.25, 0.3) is 0 Å². The van der Waals surface area contributed by atoms with Crippen molar-refractivity contribution in [3.63, 3.8) is 0 Å². The molecule has 0 radical (unpaired) electrons. The maximum Gasteiger partial charge on any atom is 0.190 e. The molecule has 1 rings (SSSR count). The second kappa shape index (κ2) is 7.30. The maximum absolute atomic E-state index is 5.48. The molecule has 0 saturated heterocycles. The molecule has 4 heteroatoms. The monoisotopic (exact) mass is 225 g/mol. The third kappa shape index (κ3) is 4.68. The van der Waals surface area contributed by atoms with Crippen LogP contribution < -0.4 is 11.1 Å². The van der Waals surface area contributed by atoms with Gasteiger partial charge in [-0.25, -0.2) is 0 Å². The first-order valence-corrected chi connectivity index (χ1v) is 6.03. The molecule has 0 saturated carbocycles. The predicted molar refractivity (Wildman–Crippen MR) is 67.2 cm³/mol. The first-order valence-electron chi connectivity index (χ1n) is 6.03. The van der Waals surface area contributed by atoms with Crippen molar-refractivity contribution in [2.45, 2.75) is 26.8 Å². The van der Waals surface area contributed by atoms with Gasteiger partial charge in [0.1, 0.15) is 5.76 Å². The van der Waals surface area contributed by atoms with Crippen LogP contribution in [0.4, 0.5) is 5.88 Å². The van der Waals surface area contributed by atoms with E-state index < -0.39 is 0 Å². The number of hydrogen-bond donors (Lipinski definition) is 2. The lowest BCUT2D eigenvalue weighted by Crippen LogP contribution is -2.27. The molecule has 0 aliphatic rings. The molecule has 3 N–H and O–H groups in total. The van der Waals surface area contributed by atoms with Gasteiger partial charge in [-0.2, -0.15) is 0 Å². The Labute approximate surface area is 97.8 Å². The number of rotatable bonds is 8. The Hall–Kier alpha value is -1.00. The summed E-state index contributed by atoms with van der Waals surface area (Å²) in [4.78, 5) is 2.42. The minimum atomic E-state index is 0.486. The molecular formula is C12H23N3O.